The van der Waals surface area contributed by atoms with E-state index in [2.05, 4.69) is 10.4 Å². The molecule has 2 aromatic heterocycles. The van der Waals surface area contributed by atoms with Crippen molar-refractivity contribution in [1.29, 1.82) is 0 Å². The van der Waals surface area contributed by atoms with Crippen LogP contribution in [0.25, 0.3) is 0 Å². The molecule has 164 valence electrons. The molecular weight excluding hydrogens is 449 g/mol. The lowest BCUT2D eigenvalue weighted by molar-refractivity contribution is -0.141. The molecule has 0 atom stereocenters. The van der Waals surface area contributed by atoms with Crippen LogP contribution in [0.2, 0.25) is 5.02 Å². The summed E-state index contributed by atoms with van der Waals surface area (Å²) in [6, 6.07) is 0. The number of nitrogens with zero attached hydrogens (tertiary/aromatic N) is 2. The number of ether oxygens (including phenoxy) is 1. The number of halogens is 4. The molecule has 2 rings (SSSR count). The zero-order valence-corrected chi connectivity index (χ0v) is 17.9. The first-order chi connectivity index (χ1) is 13.7. The minimum absolute atomic E-state index is 0.0103. The number of anilines is 1. The summed E-state index contributed by atoms with van der Waals surface area (Å²) >= 11 is 6.43. The molecule has 0 unspecified atom stereocenters. The molecule has 3 N–H and O–H groups in total. The lowest BCUT2D eigenvalue weighted by Crippen LogP contribution is -2.22. The lowest BCUT2D eigenvalue weighted by atomic mass is 10.1. The highest BCUT2D eigenvalue weighted by Crippen LogP contribution is 2.36. The van der Waals surface area contributed by atoms with Gasteiger partial charge in [0, 0.05) is 0 Å². The number of hydrogen-bond acceptors (Lipinski definition) is 6. The summed E-state index contributed by atoms with van der Waals surface area (Å²) in [6.07, 6.45) is -5.24. The van der Waals surface area contributed by atoms with E-state index in [9.17, 15) is 27.6 Å². The summed E-state index contributed by atoms with van der Waals surface area (Å²) in [5.74, 6) is -2.37. The summed E-state index contributed by atoms with van der Waals surface area (Å²) in [5, 5.41) is 5.13. The molecule has 0 fully saturated rings. The van der Waals surface area contributed by atoms with Gasteiger partial charge in [-0.15, -0.1) is 11.3 Å². The number of primary amides is 1. The molecule has 0 spiro atoms. The highest BCUT2D eigenvalue weighted by molar-refractivity contribution is 7.18. The number of aromatic nitrogens is 2. The van der Waals surface area contributed by atoms with Crippen LogP contribution in [0.3, 0.4) is 0 Å². The Hall–Kier alpha value is -2.60. The summed E-state index contributed by atoms with van der Waals surface area (Å²) in [6.45, 7) is 5.38. The fraction of sp³-hybridized carbons (Fsp3) is 0.412. The Balaban J connectivity index is 2.34. The summed E-state index contributed by atoms with van der Waals surface area (Å²) < 4.78 is 44.7. The van der Waals surface area contributed by atoms with Crippen LogP contribution in [0.4, 0.5) is 18.2 Å². The molecule has 0 aromatic carbocycles. The van der Waals surface area contributed by atoms with Crippen LogP contribution in [-0.2, 0) is 22.3 Å². The van der Waals surface area contributed by atoms with Gasteiger partial charge in [0.15, 0.2) is 5.69 Å². The minimum Gasteiger partial charge on any atom is -0.459 e. The maximum absolute atomic E-state index is 12.9. The average molecular weight is 467 g/mol. The Morgan fingerprint density at radius 1 is 1.30 bits per heavy atom. The van der Waals surface area contributed by atoms with Crippen LogP contribution in [0, 0.1) is 13.8 Å². The third kappa shape index (κ3) is 4.93. The smallest absolute Gasteiger partial charge is 0.436 e. The predicted octanol–water partition coefficient (Wildman–Crippen LogP) is 3.54. The van der Waals surface area contributed by atoms with Crippen molar-refractivity contribution in [2.24, 2.45) is 5.73 Å². The average Bonchev–Trinajstić information content (AvgIpc) is 3.05. The maximum atomic E-state index is 12.9. The molecule has 0 saturated heterocycles. The number of alkyl halides is 3. The highest BCUT2D eigenvalue weighted by atomic mass is 35.5. The van der Waals surface area contributed by atoms with Gasteiger partial charge in [-0.2, -0.15) is 18.3 Å². The van der Waals surface area contributed by atoms with Crippen molar-refractivity contribution in [2.75, 3.05) is 5.32 Å². The van der Waals surface area contributed by atoms with E-state index in [1.807, 2.05) is 0 Å². The van der Waals surface area contributed by atoms with Gasteiger partial charge in [-0.25, -0.2) is 4.79 Å². The third-order valence-electron chi connectivity index (χ3n) is 3.87. The van der Waals surface area contributed by atoms with E-state index in [1.165, 1.54) is 13.8 Å². The van der Waals surface area contributed by atoms with E-state index in [1.54, 1.807) is 13.8 Å². The first kappa shape index (κ1) is 23.7. The van der Waals surface area contributed by atoms with E-state index in [0.29, 0.717) is 0 Å². The molecule has 2 aromatic rings. The second kappa shape index (κ2) is 8.64. The van der Waals surface area contributed by atoms with E-state index in [4.69, 9.17) is 22.1 Å². The molecule has 0 bridgehead atoms. The van der Waals surface area contributed by atoms with E-state index in [-0.39, 0.29) is 26.7 Å². The second-order valence-electron chi connectivity index (χ2n) is 6.53. The molecule has 0 aliphatic rings. The van der Waals surface area contributed by atoms with Crippen LogP contribution >= 0.6 is 22.9 Å². The standard InChI is InChI=1S/C17H18ClF3N4O4S/c1-6(2)29-16(28)10-7(3)12(14(22)27)30-15(10)23-9(26)5-25-8(4)11(18)13(24-25)17(19,20)21/h6H,5H2,1-4H3,(H2,22,27)(H,23,26). The van der Waals surface area contributed by atoms with Crippen molar-refractivity contribution < 1.29 is 32.3 Å². The van der Waals surface area contributed by atoms with Gasteiger partial charge < -0.3 is 15.8 Å². The molecular formula is C17H18ClF3N4O4S. The van der Waals surface area contributed by atoms with Gasteiger partial charge in [0.1, 0.15) is 11.5 Å². The molecule has 30 heavy (non-hydrogen) atoms. The number of carbonyl (C=O) groups is 3. The van der Waals surface area contributed by atoms with Crippen LogP contribution in [-0.4, -0.2) is 33.7 Å². The van der Waals surface area contributed by atoms with Crippen LogP contribution in [0.5, 0.6) is 0 Å². The zero-order chi connectivity index (χ0) is 23.0. The fourth-order valence-electron chi connectivity index (χ4n) is 2.52. The number of nitrogens with two attached hydrogens (primary N) is 1. The second-order valence-corrected chi connectivity index (χ2v) is 7.93. The molecule has 0 aliphatic carbocycles. The number of hydrogen-bond donors (Lipinski definition) is 2. The lowest BCUT2D eigenvalue weighted by Gasteiger charge is -2.11. The van der Waals surface area contributed by atoms with Gasteiger partial charge in [0.2, 0.25) is 5.91 Å². The van der Waals surface area contributed by atoms with Gasteiger partial charge in [-0.3, -0.25) is 14.3 Å². The van der Waals surface area contributed by atoms with Gasteiger partial charge in [0.05, 0.1) is 27.3 Å². The van der Waals surface area contributed by atoms with Crippen molar-refractivity contribution in [1.82, 2.24) is 9.78 Å². The Bertz CT molecular complexity index is 1010. The largest absolute Gasteiger partial charge is 0.459 e. The zero-order valence-electron chi connectivity index (χ0n) is 16.3. The molecule has 2 amide bonds. The molecule has 13 heteroatoms. The monoisotopic (exact) mass is 466 g/mol. The SMILES string of the molecule is Cc1c(C(N)=O)sc(NC(=O)Cn2nc(C(F)(F)F)c(Cl)c2C)c1C(=O)OC(C)C. The van der Waals surface area contributed by atoms with Crippen molar-refractivity contribution in [2.45, 2.75) is 46.5 Å². The van der Waals surface area contributed by atoms with Crippen LogP contribution in [0.1, 0.15) is 50.8 Å². The number of rotatable bonds is 6. The third-order valence-corrected chi connectivity index (χ3v) is 5.54. The highest BCUT2D eigenvalue weighted by Gasteiger charge is 2.38. The number of carbonyl (C=O) groups excluding carboxylic acids is 3. The number of thiophene rings is 1. The van der Waals surface area contributed by atoms with Crippen molar-refractivity contribution in [3.8, 4) is 0 Å². The Labute approximate surface area is 178 Å². The Morgan fingerprint density at radius 3 is 2.37 bits per heavy atom. The quantitative estimate of drug-likeness (QED) is 0.631. The van der Waals surface area contributed by atoms with Crippen molar-refractivity contribution in [3.63, 3.8) is 0 Å². The van der Waals surface area contributed by atoms with Crippen LogP contribution < -0.4 is 11.1 Å². The Kier molecular flexibility index (Phi) is 6.82. The van der Waals surface area contributed by atoms with E-state index >= 15 is 0 Å². The molecule has 0 radical (unpaired) electrons. The minimum atomic E-state index is -4.78. The van der Waals surface area contributed by atoms with Gasteiger partial charge in [-0.05, 0) is 33.3 Å². The van der Waals surface area contributed by atoms with Crippen molar-refractivity contribution >= 4 is 45.7 Å². The predicted molar refractivity (Wildman–Crippen MR) is 104 cm³/mol. The summed E-state index contributed by atoms with van der Waals surface area (Å²) in [5.41, 5.74) is 4.11. The van der Waals surface area contributed by atoms with Gasteiger partial charge in [-0.1, -0.05) is 11.6 Å². The normalized spacial score (nSPS) is 11.6. The first-order valence-corrected chi connectivity index (χ1v) is 9.67. The topological polar surface area (TPSA) is 116 Å². The Morgan fingerprint density at radius 2 is 1.90 bits per heavy atom. The molecule has 0 aliphatic heterocycles. The number of esters is 1. The maximum Gasteiger partial charge on any atom is 0.436 e. The van der Waals surface area contributed by atoms with Crippen LogP contribution in [0.15, 0.2) is 0 Å². The van der Waals surface area contributed by atoms with Gasteiger partial charge >= 0.3 is 12.1 Å². The molecule has 0 saturated carbocycles. The first-order valence-electron chi connectivity index (χ1n) is 8.48. The summed E-state index contributed by atoms with van der Waals surface area (Å²) in [4.78, 5) is 36.5. The van der Waals surface area contributed by atoms with E-state index in [0.717, 1.165) is 16.0 Å². The van der Waals surface area contributed by atoms with Crippen molar-refractivity contribution in [3.05, 3.63) is 32.4 Å². The summed E-state index contributed by atoms with van der Waals surface area (Å²) in [7, 11) is 0. The molecule has 2 heterocycles. The fourth-order valence-corrected chi connectivity index (χ4v) is 3.82. The number of nitrogens with one attached hydrogen (secondary N) is 1. The van der Waals surface area contributed by atoms with E-state index < -0.39 is 47.3 Å². The number of amides is 2. The molecule has 8 nitrogen and oxygen atoms in total. The van der Waals surface area contributed by atoms with Gasteiger partial charge in [0.25, 0.3) is 5.91 Å².